The number of esters is 1. The number of aliphatic hydroxyl groups excluding tert-OH is 1. The molecule has 2 bridgehead atoms. The number of nitrogens with zero attached hydrogens (tertiary/aromatic N) is 1. The maximum absolute atomic E-state index is 14.0. The summed E-state index contributed by atoms with van der Waals surface area (Å²) in [5, 5.41) is 13.5. The molecule has 4 fully saturated rings. The number of aliphatic hydroxyl groups is 1. The summed E-state index contributed by atoms with van der Waals surface area (Å²) in [6.45, 7) is 7.67. The Kier molecular flexibility index (Phi) is 6.80. The summed E-state index contributed by atoms with van der Waals surface area (Å²) in [7, 11) is 0. The van der Waals surface area contributed by atoms with Crippen LogP contribution in [0.3, 0.4) is 0 Å². The van der Waals surface area contributed by atoms with Gasteiger partial charge < -0.3 is 24.8 Å². The SMILES string of the molecule is CCOC(=O)[C@H]1[C@H]2C(=O)N([C@@H](CO)CC(C)C)C(C(=O)NC3CCCCC3)C23CC[C@]1(C)O3. The number of ether oxygens (including phenoxy) is 2. The summed E-state index contributed by atoms with van der Waals surface area (Å²) in [6, 6.07) is -1.27. The highest BCUT2D eigenvalue weighted by molar-refractivity contribution is 5.98. The van der Waals surface area contributed by atoms with Gasteiger partial charge in [-0.1, -0.05) is 33.1 Å². The minimum Gasteiger partial charge on any atom is -0.466 e. The van der Waals surface area contributed by atoms with Gasteiger partial charge in [0.25, 0.3) is 0 Å². The Balaban J connectivity index is 1.73. The van der Waals surface area contributed by atoms with E-state index in [9.17, 15) is 19.5 Å². The molecule has 3 heterocycles. The van der Waals surface area contributed by atoms with Gasteiger partial charge >= 0.3 is 5.97 Å². The topological polar surface area (TPSA) is 105 Å². The zero-order valence-electron chi connectivity index (χ0n) is 20.5. The minimum absolute atomic E-state index is 0.0892. The number of carbonyl (C=O) groups excluding carboxylic acids is 3. The summed E-state index contributed by atoms with van der Waals surface area (Å²) in [5.74, 6) is -2.19. The van der Waals surface area contributed by atoms with Crippen LogP contribution in [0.1, 0.15) is 79.1 Å². The zero-order valence-corrected chi connectivity index (χ0v) is 20.5. The predicted molar refractivity (Wildman–Crippen MR) is 121 cm³/mol. The van der Waals surface area contributed by atoms with Crippen LogP contribution in [0, 0.1) is 17.8 Å². The van der Waals surface area contributed by atoms with E-state index in [1.54, 1.807) is 11.8 Å². The number of nitrogens with one attached hydrogen (secondary N) is 1. The number of fused-ring (bicyclic) bond motifs is 1. The molecule has 2 amide bonds. The van der Waals surface area contributed by atoms with Crippen molar-refractivity contribution in [2.75, 3.05) is 13.2 Å². The van der Waals surface area contributed by atoms with E-state index in [0.717, 1.165) is 25.7 Å². The van der Waals surface area contributed by atoms with Crippen molar-refractivity contribution >= 4 is 17.8 Å². The normalized spacial score (nSPS) is 36.8. The smallest absolute Gasteiger partial charge is 0.312 e. The second kappa shape index (κ2) is 9.17. The third kappa shape index (κ3) is 3.97. The summed E-state index contributed by atoms with van der Waals surface area (Å²) in [6.07, 6.45) is 6.90. The van der Waals surface area contributed by atoms with Crippen molar-refractivity contribution < 1.29 is 29.0 Å². The number of hydrogen-bond donors (Lipinski definition) is 2. The van der Waals surface area contributed by atoms with E-state index in [0.29, 0.717) is 19.3 Å². The molecule has 4 rings (SSSR count). The van der Waals surface area contributed by atoms with Crippen LogP contribution in [0.4, 0.5) is 0 Å². The fourth-order valence-corrected chi connectivity index (χ4v) is 6.99. The molecule has 8 heteroatoms. The molecule has 1 aliphatic carbocycles. The molecule has 2 unspecified atom stereocenters. The summed E-state index contributed by atoms with van der Waals surface area (Å²) < 4.78 is 11.9. The molecule has 0 aromatic heterocycles. The Morgan fingerprint density at radius 2 is 1.94 bits per heavy atom. The molecular weight excluding hydrogens is 424 g/mol. The molecule has 33 heavy (non-hydrogen) atoms. The lowest BCUT2D eigenvalue weighted by atomic mass is 9.66. The van der Waals surface area contributed by atoms with Crippen LogP contribution in [0.5, 0.6) is 0 Å². The Morgan fingerprint density at radius 3 is 2.55 bits per heavy atom. The van der Waals surface area contributed by atoms with Crippen molar-refractivity contribution in [3.05, 3.63) is 0 Å². The first-order valence-corrected chi connectivity index (χ1v) is 12.8. The Morgan fingerprint density at radius 1 is 1.24 bits per heavy atom. The summed E-state index contributed by atoms with van der Waals surface area (Å²) in [5.41, 5.74) is -1.89. The van der Waals surface area contributed by atoms with Crippen molar-refractivity contribution in [3.63, 3.8) is 0 Å². The van der Waals surface area contributed by atoms with Gasteiger partial charge in [-0.25, -0.2) is 0 Å². The Hall–Kier alpha value is -1.67. The average Bonchev–Trinajstić information content (AvgIpc) is 3.33. The fraction of sp³-hybridized carbons (Fsp3) is 0.880. The lowest BCUT2D eigenvalue weighted by Crippen LogP contribution is -2.59. The lowest BCUT2D eigenvalue weighted by Gasteiger charge is -2.38. The quantitative estimate of drug-likeness (QED) is 0.534. The van der Waals surface area contributed by atoms with E-state index in [-0.39, 0.29) is 37.0 Å². The number of carbonyl (C=O) groups is 3. The maximum Gasteiger partial charge on any atom is 0.312 e. The number of rotatable bonds is 8. The van der Waals surface area contributed by atoms with Crippen LogP contribution < -0.4 is 5.32 Å². The van der Waals surface area contributed by atoms with Gasteiger partial charge in [-0.3, -0.25) is 14.4 Å². The van der Waals surface area contributed by atoms with Crippen molar-refractivity contribution in [1.29, 1.82) is 0 Å². The van der Waals surface area contributed by atoms with Crippen molar-refractivity contribution in [2.45, 2.75) is 108 Å². The molecule has 0 radical (unpaired) electrons. The largest absolute Gasteiger partial charge is 0.466 e. The highest BCUT2D eigenvalue weighted by atomic mass is 16.6. The number of likely N-dealkylation sites (tertiary alicyclic amines) is 1. The number of hydrogen-bond acceptors (Lipinski definition) is 6. The van der Waals surface area contributed by atoms with Gasteiger partial charge in [-0.2, -0.15) is 0 Å². The first-order chi connectivity index (χ1) is 15.7. The van der Waals surface area contributed by atoms with E-state index >= 15 is 0 Å². The molecule has 1 spiro atoms. The van der Waals surface area contributed by atoms with Gasteiger partial charge in [0.15, 0.2) is 0 Å². The van der Waals surface area contributed by atoms with Crippen molar-refractivity contribution in [1.82, 2.24) is 10.2 Å². The number of amides is 2. The van der Waals surface area contributed by atoms with E-state index in [1.165, 1.54) is 6.42 Å². The van der Waals surface area contributed by atoms with Crippen LogP contribution in [0.2, 0.25) is 0 Å². The van der Waals surface area contributed by atoms with Crippen molar-refractivity contribution in [2.24, 2.45) is 17.8 Å². The third-order valence-electron chi connectivity index (χ3n) is 8.30. The Bertz CT molecular complexity index is 781. The standard InChI is InChI=1S/C25H40N2O6/c1-5-32-23(31)19-18-22(30)27(17(14-28)13-15(2)3)20(25(18)12-11-24(19,4)33-25)21(29)26-16-9-7-6-8-10-16/h15-20,28H,5-14H2,1-4H3,(H,26,29)/t17-,18+,19-,20?,24+,25?/m1/s1. The van der Waals surface area contributed by atoms with Gasteiger partial charge in [-0.05, 0) is 51.9 Å². The van der Waals surface area contributed by atoms with Gasteiger partial charge in [0.05, 0.1) is 30.8 Å². The molecule has 4 aliphatic rings. The van der Waals surface area contributed by atoms with E-state index < -0.39 is 41.1 Å². The molecule has 8 nitrogen and oxygen atoms in total. The van der Waals surface area contributed by atoms with Crippen molar-refractivity contribution in [3.8, 4) is 0 Å². The first-order valence-electron chi connectivity index (χ1n) is 12.8. The second-order valence-electron chi connectivity index (χ2n) is 11.0. The molecule has 2 N–H and O–H groups in total. The minimum atomic E-state index is -1.06. The molecule has 6 atom stereocenters. The van der Waals surface area contributed by atoms with Crippen LogP contribution in [0.15, 0.2) is 0 Å². The van der Waals surface area contributed by atoms with Crippen LogP contribution in [-0.4, -0.2) is 70.3 Å². The van der Waals surface area contributed by atoms with E-state index in [4.69, 9.17) is 9.47 Å². The van der Waals surface area contributed by atoms with Gasteiger partial charge in [-0.15, -0.1) is 0 Å². The van der Waals surface area contributed by atoms with Crippen LogP contribution >= 0.6 is 0 Å². The lowest BCUT2D eigenvalue weighted by molar-refractivity contribution is -0.160. The van der Waals surface area contributed by atoms with Gasteiger partial charge in [0, 0.05) is 6.04 Å². The molecular formula is C25H40N2O6. The predicted octanol–water partition coefficient (Wildman–Crippen LogP) is 2.17. The van der Waals surface area contributed by atoms with Gasteiger partial charge in [0.2, 0.25) is 11.8 Å². The van der Waals surface area contributed by atoms with Crippen LogP contribution in [-0.2, 0) is 23.9 Å². The van der Waals surface area contributed by atoms with E-state index in [2.05, 4.69) is 5.32 Å². The average molecular weight is 465 g/mol. The van der Waals surface area contributed by atoms with E-state index in [1.807, 2.05) is 20.8 Å². The summed E-state index contributed by atoms with van der Waals surface area (Å²) >= 11 is 0. The molecule has 186 valence electrons. The molecule has 1 saturated carbocycles. The third-order valence-corrected chi connectivity index (χ3v) is 8.30. The Labute approximate surface area is 196 Å². The second-order valence-corrected chi connectivity index (χ2v) is 11.0. The molecule has 0 aromatic carbocycles. The molecule has 3 aliphatic heterocycles. The monoisotopic (exact) mass is 464 g/mol. The first kappa shape index (κ1) is 24.5. The van der Waals surface area contributed by atoms with Gasteiger partial charge in [0.1, 0.15) is 17.6 Å². The molecule has 3 saturated heterocycles. The summed E-state index contributed by atoms with van der Waals surface area (Å²) in [4.78, 5) is 42.4. The highest BCUT2D eigenvalue weighted by Crippen LogP contribution is 2.63. The molecule has 0 aromatic rings. The fourth-order valence-electron chi connectivity index (χ4n) is 6.99. The zero-order chi connectivity index (χ0) is 24.0. The van der Waals surface area contributed by atoms with Crippen LogP contribution in [0.25, 0.3) is 0 Å². The highest BCUT2D eigenvalue weighted by Gasteiger charge is 2.78. The maximum atomic E-state index is 14.0.